The number of alkyl halides is 3. The van der Waals surface area contributed by atoms with E-state index < -0.39 is 17.6 Å². The minimum atomic E-state index is -4.50. The number of aromatic nitrogens is 1. The van der Waals surface area contributed by atoms with Crippen molar-refractivity contribution in [2.45, 2.75) is 6.18 Å². The number of hydrogen-bond acceptors (Lipinski definition) is 4. The maximum atomic E-state index is 13.1. The van der Waals surface area contributed by atoms with E-state index >= 15 is 0 Å². The largest absolute Gasteiger partial charge is 0.507 e. The summed E-state index contributed by atoms with van der Waals surface area (Å²) in [6.07, 6.45) is -4.50. The number of carbonyl (C=O) groups excluding carboxylic acids is 1. The Balaban J connectivity index is 1.55. The van der Waals surface area contributed by atoms with E-state index in [1.165, 1.54) is 12.1 Å². The number of amides is 1. The van der Waals surface area contributed by atoms with E-state index in [1.54, 1.807) is 48.5 Å². The van der Waals surface area contributed by atoms with Crippen molar-refractivity contribution in [3.8, 4) is 39.6 Å². The highest BCUT2D eigenvalue weighted by Crippen LogP contribution is 2.39. The van der Waals surface area contributed by atoms with Gasteiger partial charge >= 0.3 is 6.18 Å². The average molecular weight is 500 g/mol. The van der Waals surface area contributed by atoms with Crippen LogP contribution >= 0.6 is 0 Å². The number of nitrogens with one attached hydrogen (secondary N) is 1. The summed E-state index contributed by atoms with van der Waals surface area (Å²) in [6.45, 7) is 0. The lowest BCUT2D eigenvalue weighted by atomic mass is 10.0. The van der Waals surface area contributed by atoms with E-state index in [4.69, 9.17) is 4.42 Å². The molecule has 4 aromatic carbocycles. The highest BCUT2D eigenvalue weighted by Gasteiger charge is 2.30. The van der Waals surface area contributed by atoms with Gasteiger partial charge in [0.2, 0.25) is 11.8 Å². The third kappa shape index (κ3) is 5.08. The molecule has 0 saturated carbocycles. The number of phenols is 1. The van der Waals surface area contributed by atoms with Crippen LogP contribution in [-0.2, 0) is 6.18 Å². The lowest BCUT2D eigenvalue weighted by molar-refractivity contribution is -0.137. The molecule has 0 spiro atoms. The van der Waals surface area contributed by atoms with Crippen LogP contribution < -0.4 is 5.32 Å². The second-order valence-electron chi connectivity index (χ2n) is 8.19. The van der Waals surface area contributed by atoms with Crippen molar-refractivity contribution in [1.82, 2.24) is 4.98 Å². The van der Waals surface area contributed by atoms with Crippen LogP contribution in [-0.4, -0.2) is 16.0 Å². The quantitative estimate of drug-likeness (QED) is 0.260. The highest BCUT2D eigenvalue weighted by atomic mass is 19.4. The van der Waals surface area contributed by atoms with Gasteiger partial charge < -0.3 is 9.52 Å². The molecule has 0 atom stereocenters. The van der Waals surface area contributed by atoms with Gasteiger partial charge in [-0.1, -0.05) is 66.7 Å². The van der Waals surface area contributed by atoms with Crippen molar-refractivity contribution in [2.75, 3.05) is 5.32 Å². The first-order chi connectivity index (χ1) is 17.8. The van der Waals surface area contributed by atoms with Crippen LogP contribution in [0, 0.1) is 0 Å². The first-order valence-electron chi connectivity index (χ1n) is 11.2. The Morgan fingerprint density at radius 1 is 0.784 bits per heavy atom. The Bertz CT molecular complexity index is 1550. The summed E-state index contributed by atoms with van der Waals surface area (Å²) in [5.41, 5.74) is 1.89. The van der Waals surface area contributed by atoms with Gasteiger partial charge in [0, 0.05) is 11.1 Å². The second-order valence-corrected chi connectivity index (χ2v) is 8.19. The first kappa shape index (κ1) is 23.9. The SMILES string of the molecule is O=C(Nc1oc(-c2ccc(-c3ccccc3)cc2O)nc1-c1ccc(C(F)(F)F)cc1)c1ccccc1. The molecule has 5 aromatic rings. The normalized spacial score (nSPS) is 11.3. The number of hydrogen-bond donors (Lipinski definition) is 2. The topological polar surface area (TPSA) is 75.4 Å². The minimum absolute atomic E-state index is 0.00429. The van der Waals surface area contributed by atoms with E-state index in [0.717, 1.165) is 23.3 Å². The zero-order chi connectivity index (χ0) is 26.0. The van der Waals surface area contributed by atoms with Crippen molar-refractivity contribution in [2.24, 2.45) is 0 Å². The molecule has 0 aliphatic heterocycles. The van der Waals surface area contributed by atoms with Crippen molar-refractivity contribution >= 4 is 11.8 Å². The molecule has 1 aromatic heterocycles. The molecule has 0 fully saturated rings. The van der Waals surface area contributed by atoms with Crippen LogP contribution in [0.2, 0.25) is 0 Å². The predicted molar refractivity (Wildman–Crippen MR) is 134 cm³/mol. The van der Waals surface area contributed by atoms with Crippen molar-refractivity contribution in [3.63, 3.8) is 0 Å². The molecule has 0 saturated heterocycles. The standard InChI is InChI=1S/C29H19F3N2O3/c30-29(31,32)22-14-11-19(12-15-22)25-28(34-26(36)20-9-5-2-6-10-20)37-27(33-25)23-16-13-21(17-24(23)35)18-7-3-1-4-8-18/h1-17,35H,(H,34,36). The smallest absolute Gasteiger partial charge is 0.416 e. The Hall–Kier alpha value is -4.85. The van der Waals surface area contributed by atoms with Gasteiger partial charge in [0.1, 0.15) is 11.4 Å². The second kappa shape index (κ2) is 9.66. The van der Waals surface area contributed by atoms with Crippen LogP contribution in [0.1, 0.15) is 15.9 Å². The number of oxazole rings is 1. The molecule has 1 amide bonds. The van der Waals surface area contributed by atoms with E-state index in [-0.39, 0.29) is 28.8 Å². The fourth-order valence-corrected chi connectivity index (χ4v) is 3.82. The zero-order valence-electron chi connectivity index (χ0n) is 19.2. The van der Waals surface area contributed by atoms with Crippen LogP contribution in [0.25, 0.3) is 33.8 Å². The molecule has 8 heteroatoms. The van der Waals surface area contributed by atoms with Crippen LogP contribution in [0.3, 0.4) is 0 Å². The summed E-state index contributed by atoms with van der Waals surface area (Å²) in [6, 6.07) is 27.2. The van der Waals surface area contributed by atoms with E-state index in [1.807, 2.05) is 30.3 Å². The maximum Gasteiger partial charge on any atom is 0.416 e. The van der Waals surface area contributed by atoms with Gasteiger partial charge in [0.15, 0.2) is 0 Å². The minimum Gasteiger partial charge on any atom is -0.507 e. The molecule has 2 N–H and O–H groups in total. The van der Waals surface area contributed by atoms with Gasteiger partial charge in [0.25, 0.3) is 5.91 Å². The molecule has 0 bridgehead atoms. The Morgan fingerprint density at radius 3 is 2.03 bits per heavy atom. The Morgan fingerprint density at radius 2 is 1.41 bits per heavy atom. The van der Waals surface area contributed by atoms with Crippen LogP contribution in [0.15, 0.2) is 108 Å². The number of aromatic hydroxyl groups is 1. The van der Waals surface area contributed by atoms with Crippen molar-refractivity contribution < 1.29 is 27.5 Å². The zero-order valence-corrected chi connectivity index (χ0v) is 19.2. The van der Waals surface area contributed by atoms with Gasteiger partial charge in [-0.3, -0.25) is 10.1 Å². The number of halogens is 3. The van der Waals surface area contributed by atoms with Gasteiger partial charge in [-0.2, -0.15) is 13.2 Å². The van der Waals surface area contributed by atoms with Crippen LogP contribution in [0.5, 0.6) is 5.75 Å². The molecule has 0 aliphatic rings. The lowest BCUT2D eigenvalue weighted by Crippen LogP contribution is -2.11. The number of benzene rings is 4. The highest BCUT2D eigenvalue weighted by molar-refractivity contribution is 6.05. The molecule has 5 rings (SSSR count). The molecule has 37 heavy (non-hydrogen) atoms. The van der Waals surface area contributed by atoms with Gasteiger partial charge in [-0.05, 0) is 47.5 Å². The molecule has 184 valence electrons. The predicted octanol–water partition coefficient (Wildman–Crippen LogP) is 7.65. The summed E-state index contributed by atoms with van der Waals surface area (Å²) < 4.78 is 45.0. The molecular formula is C29H19F3N2O3. The maximum absolute atomic E-state index is 13.1. The number of anilines is 1. The van der Waals surface area contributed by atoms with Gasteiger partial charge in [0.05, 0.1) is 11.1 Å². The molecule has 0 unspecified atom stereocenters. The fourth-order valence-electron chi connectivity index (χ4n) is 3.82. The third-order valence-corrected chi connectivity index (χ3v) is 5.71. The van der Waals surface area contributed by atoms with Crippen molar-refractivity contribution in [3.05, 3.63) is 114 Å². The summed E-state index contributed by atoms with van der Waals surface area (Å²) in [4.78, 5) is 17.2. The molecule has 0 aliphatic carbocycles. The van der Waals surface area contributed by atoms with Crippen molar-refractivity contribution in [1.29, 1.82) is 0 Å². The molecule has 0 radical (unpaired) electrons. The lowest BCUT2D eigenvalue weighted by Gasteiger charge is -2.07. The van der Waals surface area contributed by atoms with Crippen LogP contribution in [0.4, 0.5) is 19.1 Å². The van der Waals surface area contributed by atoms with Gasteiger partial charge in [-0.15, -0.1) is 0 Å². The Labute approximate surface area is 209 Å². The average Bonchev–Trinajstić information content (AvgIpc) is 3.32. The summed E-state index contributed by atoms with van der Waals surface area (Å²) in [5.74, 6) is -0.659. The third-order valence-electron chi connectivity index (χ3n) is 5.71. The number of nitrogens with zero attached hydrogens (tertiary/aromatic N) is 1. The monoisotopic (exact) mass is 500 g/mol. The number of carbonyl (C=O) groups is 1. The van der Waals surface area contributed by atoms with Gasteiger partial charge in [-0.25, -0.2) is 4.98 Å². The molecule has 1 heterocycles. The fraction of sp³-hybridized carbons (Fsp3) is 0.0345. The summed E-state index contributed by atoms with van der Waals surface area (Å²) in [7, 11) is 0. The summed E-state index contributed by atoms with van der Waals surface area (Å²) in [5, 5.41) is 13.4. The Kier molecular flexibility index (Phi) is 6.23. The van der Waals surface area contributed by atoms with E-state index in [2.05, 4.69) is 10.3 Å². The summed E-state index contributed by atoms with van der Waals surface area (Å²) >= 11 is 0. The van der Waals surface area contributed by atoms with E-state index in [0.29, 0.717) is 11.1 Å². The van der Waals surface area contributed by atoms with E-state index in [9.17, 15) is 23.1 Å². The number of phenolic OH excluding ortho intramolecular Hbond substituents is 1. The molecular weight excluding hydrogens is 481 g/mol. The molecule has 5 nitrogen and oxygen atoms in total. The first-order valence-corrected chi connectivity index (χ1v) is 11.2. The number of rotatable bonds is 5.